The van der Waals surface area contributed by atoms with E-state index in [9.17, 15) is 0 Å². The maximum absolute atomic E-state index is 4.45. The van der Waals surface area contributed by atoms with Crippen molar-refractivity contribution in [2.45, 2.75) is 0 Å². The second-order valence-electron chi connectivity index (χ2n) is 3.47. The van der Waals surface area contributed by atoms with E-state index in [0.29, 0.717) is 22.8 Å². The third kappa shape index (κ3) is 2.03. The topological polar surface area (TPSA) is 77.3 Å². The minimum absolute atomic E-state index is 0.659. The van der Waals surface area contributed by atoms with E-state index in [4.69, 9.17) is 0 Å². The molecule has 0 radical (unpaired) electrons. The van der Waals surface area contributed by atoms with Crippen molar-refractivity contribution in [3.8, 4) is 22.8 Å². The van der Waals surface area contributed by atoms with Gasteiger partial charge in [-0.3, -0.25) is 24.9 Å². The molecule has 3 rings (SSSR count). The molecule has 0 aliphatic rings. The predicted molar refractivity (Wildman–Crippen MR) is 64.1 cm³/mol. The quantitative estimate of drug-likeness (QED) is 0.669. The first-order chi connectivity index (χ1) is 8.93. The van der Waals surface area contributed by atoms with Crippen molar-refractivity contribution in [1.29, 1.82) is 0 Å². The van der Waals surface area contributed by atoms with Crippen LogP contribution in [-0.2, 0) is 0 Å². The van der Waals surface area contributed by atoms with Crippen LogP contribution in [0.5, 0.6) is 0 Å². The fourth-order valence-electron chi connectivity index (χ4n) is 1.48. The summed E-state index contributed by atoms with van der Waals surface area (Å²) >= 11 is 0. The zero-order valence-electron chi connectivity index (χ0n) is 9.30. The lowest BCUT2D eigenvalue weighted by Crippen LogP contribution is -1.94. The van der Waals surface area contributed by atoms with Gasteiger partial charge < -0.3 is 0 Å². The zero-order valence-corrected chi connectivity index (χ0v) is 9.30. The number of aromatic nitrogens is 6. The molecule has 0 saturated carbocycles. The van der Waals surface area contributed by atoms with Crippen LogP contribution in [0.15, 0.2) is 49.6 Å². The van der Waals surface area contributed by atoms with E-state index >= 15 is 0 Å². The molecule has 6 heteroatoms. The molecule has 18 heavy (non-hydrogen) atoms. The molecular weight excluding hydrogens is 228 g/mol. The lowest BCUT2D eigenvalue weighted by molar-refractivity contribution is 1.12. The Hall–Kier alpha value is -2.76. The third-order valence-electron chi connectivity index (χ3n) is 2.29. The van der Waals surface area contributed by atoms with Crippen LogP contribution in [0.2, 0.25) is 0 Å². The summed E-state index contributed by atoms with van der Waals surface area (Å²) in [4.78, 5) is 25.0. The molecule has 0 aliphatic heterocycles. The smallest absolute Gasteiger partial charge is 0.109 e. The van der Waals surface area contributed by atoms with Crippen LogP contribution < -0.4 is 0 Å². The Kier molecular flexibility index (Phi) is 2.67. The summed E-state index contributed by atoms with van der Waals surface area (Å²) in [5.74, 6) is 0. The van der Waals surface area contributed by atoms with Gasteiger partial charge in [-0.25, -0.2) is 4.98 Å². The first kappa shape index (κ1) is 10.4. The molecular formula is C12H8N6. The molecule has 0 atom stereocenters. The van der Waals surface area contributed by atoms with Crippen molar-refractivity contribution in [2.24, 2.45) is 0 Å². The summed E-state index contributed by atoms with van der Waals surface area (Å²) in [7, 11) is 0. The Balaban J connectivity index is 2.05. The predicted octanol–water partition coefficient (Wildman–Crippen LogP) is 1.39. The molecule has 0 fully saturated rings. The van der Waals surface area contributed by atoms with Gasteiger partial charge in [0.05, 0.1) is 24.8 Å². The molecule has 0 amide bonds. The molecule has 6 nitrogen and oxygen atoms in total. The highest BCUT2D eigenvalue weighted by atomic mass is 14.9. The molecule has 0 unspecified atom stereocenters. The molecule has 3 aromatic heterocycles. The van der Waals surface area contributed by atoms with Gasteiger partial charge in [0, 0.05) is 24.8 Å². The highest BCUT2D eigenvalue weighted by Crippen LogP contribution is 2.16. The average Bonchev–Trinajstić information content (AvgIpc) is 2.49. The Morgan fingerprint density at radius 1 is 0.500 bits per heavy atom. The normalized spacial score (nSPS) is 10.2. The molecule has 0 aliphatic carbocycles. The number of nitrogens with zero attached hydrogens (tertiary/aromatic N) is 6. The molecule has 86 valence electrons. The fourth-order valence-corrected chi connectivity index (χ4v) is 1.48. The van der Waals surface area contributed by atoms with Crippen molar-refractivity contribution in [3.63, 3.8) is 0 Å². The molecule has 3 heterocycles. The Morgan fingerprint density at radius 2 is 1.00 bits per heavy atom. The minimum atomic E-state index is 0.659. The van der Waals surface area contributed by atoms with E-state index in [0.717, 1.165) is 0 Å². The molecule has 0 spiro atoms. The van der Waals surface area contributed by atoms with Gasteiger partial charge in [0.1, 0.15) is 22.8 Å². The zero-order chi connectivity index (χ0) is 12.2. The maximum Gasteiger partial charge on any atom is 0.109 e. The Bertz CT molecular complexity index is 586. The molecule has 0 bridgehead atoms. The van der Waals surface area contributed by atoms with Crippen LogP contribution in [0.4, 0.5) is 0 Å². The van der Waals surface area contributed by atoms with Crippen LogP contribution in [0.1, 0.15) is 0 Å². The molecule has 0 aromatic carbocycles. The van der Waals surface area contributed by atoms with E-state index in [1.165, 1.54) is 0 Å². The summed E-state index contributed by atoms with van der Waals surface area (Å²) in [6.45, 7) is 0. The number of hydrogen-bond donors (Lipinski definition) is 0. The monoisotopic (exact) mass is 236 g/mol. The van der Waals surface area contributed by atoms with Gasteiger partial charge in [0.2, 0.25) is 0 Å². The summed E-state index contributed by atoms with van der Waals surface area (Å²) in [5.41, 5.74) is 2.67. The minimum Gasteiger partial charge on any atom is -0.261 e. The SMILES string of the molecule is c1cnc(-c2cncc(-c3cnccn3)n2)cn1. The summed E-state index contributed by atoms with van der Waals surface area (Å²) in [5, 5.41) is 0. The van der Waals surface area contributed by atoms with Gasteiger partial charge >= 0.3 is 0 Å². The van der Waals surface area contributed by atoms with Crippen molar-refractivity contribution in [3.05, 3.63) is 49.6 Å². The van der Waals surface area contributed by atoms with Crippen LogP contribution in [0.3, 0.4) is 0 Å². The first-order valence-electron chi connectivity index (χ1n) is 5.28. The highest BCUT2D eigenvalue weighted by molar-refractivity contribution is 5.58. The molecule has 3 aromatic rings. The van der Waals surface area contributed by atoms with Crippen LogP contribution in [-0.4, -0.2) is 29.9 Å². The van der Waals surface area contributed by atoms with Crippen molar-refractivity contribution >= 4 is 0 Å². The third-order valence-corrected chi connectivity index (χ3v) is 2.29. The first-order valence-corrected chi connectivity index (χ1v) is 5.28. The van der Waals surface area contributed by atoms with Gasteiger partial charge in [-0.05, 0) is 0 Å². The maximum atomic E-state index is 4.45. The highest BCUT2D eigenvalue weighted by Gasteiger charge is 2.05. The Morgan fingerprint density at radius 3 is 1.44 bits per heavy atom. The largest absolute Gasteiger partial charge is 0.261 e. The fraction of sp³-hybridized carbons (Fsp3) is 0. The second kappa shape index (κ2) is 4.62. The van der Waals surface area contributed by atoms with E-state index in [-0.39, 0.29) is 0 Å². The van der Waals surface area contributed by atoms with E-state index < -0.39 is 0 Å². The lowest BCUT2D eigenvalue weighted by Gasteiger charge is -2.01. The molecule has 0 N–H and O–H groups in total. The molecule has 0 saturated heterocycles. The second-order valence-corrected chi connectivity index (χ2v) is 3.47. The van der Waals surface area contributed by atoms with Gasteiger partial charge in [0.15, 0.2) is 0 Å². The van der Waals surface area contributed by atoms with Gasteiger partial charge in [-0.2, -0.15) is 0 Å². The lowest BCUT2D eigenvalue weighted by atomic mass is 10.3. The van der Waals surface area contributed by atoms with E-state index in [1.807, 2.05) is 0 Å². The van der Waals surface area contributed by atoms with Gasteiger partial charge in [-0.15, -0.1) is 0 Å². The van der Waals surface area contributed by atoms with Crippen molar-refractivity contribution in [2.75, 3.05) is 0 Å². The van der Waals surface area contributed by atoms with Crippen molar-refractivity contribution < 1.29 is 0 Å². The van der Waals surface area contributed by atoms with Gasteiger partial charge in [0.25, 0.3) is 0 Å². The van der Waals surface area contributed by atoms with E-state index in [2.05, 4.69) is 29.9 Å². The number of hydrogen-bond acceptors (Lipinski definition) is 6. The Labute approximate surface area is 103 Å². The summed E-state index contributed by atoms with van der Waals surface area (Å²) in [6.07, 6.45) is 13.0. The number of rotatable bonds is 2. The van der Waals surface area contributed by atoms with Crippen molar-refractivity contribution in [1.82, 2.24) is 29.9 Å². The van der Waals surface area contributed by atoms with Crippen LogP contribution in [0, 0.1) is 0 Å². The van der Waals surface area contributed by atoms with Gasteiger partial charge in [-0.1, -0.05) is 0 Å². The standard InChI is InChI=1S/C12H8N6/c1-3-16-9(5-13-1)11-7-15-8-12(18-11)10-6-14-2-4-17-10/h1-8H. The average molecular weight is 236 g/mol. The van der Waals surface area contributed by atoms with E-state index in [1.54, 1.807) is 49.6 Å². The van der Waals surface area contributed by atoms with Crippen LogP contribution in [0.25, 0.3) is 22.8 Å². The summed E-state index contributed by atoms with van der Waals surface area (Å²) in [6, 6.07) is 0. The van der Waals surface area contributed by atoms with Crippen LogP contribution >= 0.6 is 0 Å². The summed E-state index contributed by atoms with van der Waals surface area (Å²) < 4.78 is 0.